The molecule has 0 unspecified atom stereocenters. The average Bonchev–Trinajstić information content (AvgIpc) is 2.55. The van der Waals surface area contributed by atoms with Gasteiger partial charge in [0.1, 0.15) is 0 Å². The van der Waals surface area contributed by atoms with Gasteiger partial charge in [0.2, 0.25) is 10.0 Å². The van der Waals surface area contributed by atoms with E-state index in [2.05, 4.69) is 4.72 Å². The molecule has 2 amide bonds. The van der Waals surface area contributed by atoms with Crippen molar-refractivity contribution in [2.75, 3.05) is 18.8 Å². The predicted octanol–water partition coefficient (Wildman–Crippen LogP) is 1.38. The summed E-state index contributed by atoms with van der Waals surface area (Å²) in [5.74, 6) is -0.832. The normalized spacial score (nSPS) is 14.6. The van der Waals surface area contributed by atoms with Crippen LogP contribution in [0.2, 0.25) is 0 Å². The van der Waals surface area contributed by atoms with Gasteiger partial charge in [-0.1, -0.05) is 24.3 Å². The van der Waals surface area contributed by atoms with Gasteiger partial charge in [0, 0.05) is 29.6 Å². The molecule has 6 nitrogen and oxygen atoms in total. The number of carbonyl (C=O) groups is 2. The minimum atomic E-state index is -3.36. The van der Waals surface area contributed by atoms with Crippen molar-refractivity contribution in [1.82, 2.24) is 9.62 Å². The fourth-order valence-electron chi connectivity index (χ4n) is 2.70. The van der Waals surface area contributed by atoms with Crippen LogP contribution in [0.4, 0.5) is 0 Å². The second kappa shape index (κ2) is 5.75. The van der Waals surface area contributed by atoms with Crippen LogP contribution in [0.15, 0.2) is 36.4 Å². The molecule has 0 aliphatic carbocycles. The molecule has 0 atom stereocenters. The van der Waals surface area contributed by atoms with Crippen LogP contribution < -0.4 is 4.72 Å². The Morgan fingerprint density at radius 1 is 1.00 bits per heavy atom. The molecule has 2 aromatic rings. The van der Waals surface area contributed by atoms with Crippen LogP contribution in [0.25, 0.3) is 10.8 Å². The number of rotatable bonds is 5. The third kappa shape index (κ3) is 2.73. The average molecular weight is 332 g/mol. The summed E-state index contributed by atoms with van der Waals surface area (Å²) in [5.41, 5.74) is 0.937. The maximum absolute atomic E-state index is 12.6. The summed E-state index contributed by atoms with van der Waals surface area (Å²) in [7, 11) is -3.36. The minimum absolute atomic E-state index is 0.00161. The predicted molar refractivity (Wildman–Crippen MR) is 86.8 cm³/mol. The van der Waals surface area contributed by atoms with Gasteiger partial charge in [-0.2, -0.15) is 0 Å². The first-order chi connectivity index (χ1) is 10.9. The Kier molecular flexibility index (Phi) is 3.91. The molecule has 1 aliphatic heterocycles. The first-order valence-electron chi connectivity index (χ1n) is 7.30. The standard InChI is InChI=1S/C16H16N2O4S/c1-2-23(21,22)17-9-10-18-15(19)12-7-3-5-11-6-4-8-13(14(11)12)16(18)20/h3-8,17H,2,9-10H2,1H3. The number of carbonyl (C=O) groups excluding carboxylic acids is 2. The Bertz CT molecular complexity index is 855. The van der Waals surface area contributed by atoms with E-state index in [0.717, 1.165) is 10.3 Å². The van der Waals surface area contributed by atoms with Gasteiger partial charge in [0.25, 0.3) is 11.8 Å². The fraction of sp³-hybridized carbons (Fsp3) is 0.250. The maximum atomic E-state index is 12.6. The largest absolute Gasteiger partial charge is 0.273 e. The first kappa shape index (κ1) is 15.6. The van der Waals surface area contributed by atoms with E-state index >= 15 is 0 Å². The zero-order valence-electron chi connectivity index (χ0n) is 12.6. The quantitative estimate of drug-likeness (QED) is 0.838. The lowest BCUT2D eigenvalue weighted by Crippen LogP contribution is -2.44. The van der Waals surface area contributed by atoms with Gasteiger partial charge in [0.05, 0.1) is 5.75 Å². The van der Waals surface area contributed by atoms with E-state index in [4.69, 9.17) is 0 Å². The summed E-state index contributed by atoms with van der Waals surface area (Å²) in [6, 6.07) is 10.6. The highest BCUT2D eigenvalue weighted by Gasteiger charge is 2.32. The monoisotopic (exact) mass is 332 g/mol. The topological polar surface area (TPSA) is 83.6 Å². The summed E-state index contributed by atoms with van der Waals surface area (Å²) in [4.78, 5) is 26.2. The number of hydrogen-bond donors (Lipinski definition) is 1. The zero-order valence-corrected chi connectivity index (χ0v) is 13.4. The van der Waals surface area contributed by atoms with Crippen molar-refractivity contribution in [3.63, 3.8) is 0 Å². The Morgan fingerprint density at radius 3 is 2.09 bits per heavy atom. The summed E-state index contributed by atoms with van der Waals surface area (Å²) in [6.07, 6.45) is 0. The molecule has 1 aliphatic rings. The highest BCUT2D eigenvalue weighted by molar-refractivity contribution is 7.89. The number of nitrogens with zero attached hydrogens (tertiary/aromatic N) is 1. The highest BCUT2D eigenvalue weighted by Crippen LogP contribution is 2.29. The van der Waals surface area contributed by atoms with Crippen LogP contribution >= 0.6 is 0 Å². The van der Waals surface area contributed by atoms with Gasteiger partial charge in [-0.05, 0) is 24.4 Å². The molecule has 0 fully saturated rings. The molecule has 0 saturated heterocycles. The fourth-order valence-corrected chi connectivity index (χ4v) is 3.30. The van der Waals surface area contributed by atoms with Gasteiger partial charge in [-0.25, -0.2) is 13.1 Å². The van der Waals surface area contributed by atoms with Crippen molar-refractivity contribution < 1.29 is 18.0 Å². The van der Waals surface area contributed by atoms with Gasteiger partial charge in [-0.15, -0.1) is 0 Å². The summed E-state index contributed by atoms with van der Waals surface area (Å²) < 4.78 is 25.3. The Hall–Kier alpha value is -2.25. The van der Waals surface area contributed by atoms with Gasteiger partial charge in [0.15, 0.2) is 0 Å². The minimum Gasteiger partial charge on any atom is -0.273 e. The molecule has 0 spiro atoms. The van der Waals surface area contributed by atoms with Crippen molar-refractivity contribution in [3.8, 4) is 0 Å². The Labute approximate surface area is 134 Å². The van der Waals surface area contributed by atoms with Gasteiger partial charge >= 0.3 is 0 Å². The molecule has 1 heterocycles. The van der Waals surface area contributed by atoms with E-state index in [-0.39, 0.29) is 18.8 Å². The number of imide groups is 1. The molecular formula is C16H16N2O4S. The Balaban J connectivity index is 1.91. The van der Waals surface area contributed by atoms with Crippen molar-refractivity contribution >= 4 is 32.6 Å². The second-order valence-corrected chi connectivity index (χ2v) is 7.36. The maximum Gasteiger partial charge on any atom is 0.261 e. The highest BCUT2D eigenvalue weighted by atomic mass is 32.2. The van der Waals surface area contributed by atoms with Crippen LogP contribution in [0.1, 0.15) is 27.6 Å². The summed E-state index contributed by atoms with van der Waals surface area (Å²) >= 11 is 0. The van der Waals surface area contributed by atoms with Crippen LogP contribution in [-0.4, -0.2) is 44.0 Å². The molecule has 7 heteroatoms. The molecular weight excluding hydrogens is 316 g/mol. The van der Waals surface area contributed by atoms with Crippen molar-refractivity contribution in [3.05, 3.63) is 47.5 Å². The van der Waals surface area contributed by atoms with Crippen LogP contribution in [0.3, 0.4) is 0 Å². The van der Waals surface area contributed by atoms with E-state index in [9.17, 15) is 18.0 Å². The van der Waals surface area contributed by atoms with Crippen LogP contribution in [-0.2, 0) is 10.0 Å². The SMILES string of the molecule is CCS(=O)(=O)NCCN1C(=O)c2cccc3cccc(c23)C1=O. The van der Waals surface area contributed by atoms with Crippen LogP contribution in [0.5, 0.6) is 0 Å². The molecule has 1 N–H and O–H groups in total. The third-order valence-corrected chi connectivity index (χ3v) is 5.30. The Morgan fingerprint density at radius 2 is 1.57 bits per heavy atom. The first-order valence-corrected chi connectivity index (χ1v) is 8.95. The van der Waals surface area contributed by atoms with Gasteiger partial charge < -0.3 is 0 Å². The molecule has 23 heavy (non-hydrogen) atoms. The summed E-state index contributed by atoms with van der Waals surface area (Å²) in [5, 5.41) is 1.50. The van der Waals surface area contributed by atoms with Crippen molar-refractivity contribution in [2.24, 2.45) is 0 Å². The van der Waals surface area contributed by atoms with Gasteiger partial charge in [-0.3, -0.25) is 14.5 Å². The molecule has 0 saturated carbocycles. The number of amides is 2. The second-order valence-electron chi connectivity index (χ2n) is 5.27. The zero-order chi connectivity index (χ0) is 16.6. The summed E-state index contributed by atoms with van der Waals surface area (Å²) in [6.45, 7) is 1.53. The van der Waals surface area contributed by atoms with E-state index in [1.54, 1.807) is 24.3 Å². The van der Waals surface area contributed by atoms with Crippen molar-refractivity contribution in [1.29, 1.82) is 0 Å². The lowest BCUT2D eigenvalue weighted by molar-refractivity contribution is 0.0614. The lowest BCUT2D eigenvalue weighted by Gasteiger charge is -2.27. The molecule has 3 rings (SSSR count). The number of nitrogens with one attached hydrogen (secondary N) is 1. The molecule has 0 aromatic heterocycles. The number of hydrogen-bond acceptors (Lipinski definition) is 4. The number of sulfonamides is 1. The van der Waals surface area contributed by atoms with Crippen molar-refractivity contribution in [2.45, 2.75) is 6.92 Å². The third-order valence-electron chi connectivity index (χ3n) is 3.89. The van der Waals surface area contributed by atoms with Crippen LogP contribution in [0, 0.1) is 0 Å². The number of benzene rings is 2. The lowest BCUT2D eigenvalue weighted by atomic mass is 9.94. The van der Waals surface area contributed by atoms with E-state index in [0.29, 0.717) is 16.5 Å². The molecule has 120 valence electrons. The van der Waals surface area contributed by atoms with E-state index in [1.807, 2.05) is 12.1 Å². The smallest absolute Gasteiger partial charge is 0.261 e. The molecule has 0 bridgehead atoms. The van der Waals surface area contributed by atoms with E-state index in [1.165, 1.54) is 6.92 Å². The van der Waals surface area contributed by atoms with E-state index < -0.39 is 21.8 Å². The molecule has 2 aromatic carbocycles. The molecule has 0 radical (unpaired) electrons.